The van der Waals surface area contributed by atoms with E-state index in [4.69, 9.17) is 9.97 Å². The van der Waals surface area contributed by atoms with E-state index in [9.17, 15) is 9.90 Å². The predicted molar refractivity (Wildman–Crippen MR) is 132 cm³/mol. The number of hydrogen-bond acceptors (Lipinski definition) is 7. The fraction of sp³-hybridized carbons (Fsp3) is 0.360. The zero-order chi connectivity index (χ0) is 24.0. The summed E-state index contributed by atoms with van der Waals surface area (Å²) in [6.45, 7) is 8.04. The Labute approximate surface area is 197 Å². The van der Waals surface area contributed by atoms with Crippen molar-refractivity contribution in [3.63, 3.8) is 0 Å². The molecule has 0 saturated carbocycles. The van der Waals surface area contributed by atoms with Crippen LogP contribution in [0.4, 0.5) is 11.6 Å². The lowest BCUT2D eigenvalue weighted by molar-refractivity contribution is 0.215. The lowest BCUT2D eigenvalue weighted by atomic mass is 9.90. The van der Waals surface area contributed by atoms with Crippen LogP contribution in [0.3, 0.4) is 0 Å². The zero-order valence-electron chi connectivity index (χ0n) is 19.9. The van der Waals surface area contributed by atoms with Crippen LogP contribution in [0.5, 0.6) is 0 Å². The monoisotopic (exact) mass is 459 g/mol. The highest BCUT2D eigenvalue weighted by Crippen LogP contribution is 2.26. The smallest absolute Gasteiger partial charge is 0.278 e. The van der Waals surface area contributed by atoms with Crippen LogP contribution in [-0.2, 0) is 25.0 Å². The van der Waals surface area contributed by atoms with E-state index in [1.807, 2.05) is 45.0 Å². The summed E-state index contributed by atoms with van der Waals surface area (Å²) in [6.07, 6.45) is 1.57. The van der Waals surface area contributed by atoms with E-state index in [-0.39, 0.29) is 12.2 Å². The van der Waals surface area contributed by atoms with E-state index in [0.717, 1.165) is 24.5 Å². The Morgan fingerprint density at radius 2 is 1.91 bits per heavy atom. The largest absolute Gasteiger partial charge is 0.395 e. The number of aliphatic hydroxyl groups excluding tert-OH is 1. The minimum Gasteiger partial charge on any atom is -0.395 e. The summed E-state index contributed by atoms with van der Waals surface area (Å²) in [5.74, 6) is 0.978. The van der Waals surface area contributed by atoms with Gasteiger partial charge in [-0.1, -0.05) is 26.0 Å². The minimum atomic E-state index is -0.514. The van der Waals surface area contributed by atoms with Gasteiger partial charge in [-0.3, -0.25) is 9.69 Å². The maximum atomic E-state index is 13.1. The highest BCUT2D eigenvalue weighted by atomic mass is 16.3. The SMILES string of the molecule is CCn1c(=O)c2cnc(Nc3ccc4c(c3)CN(C)C4)nc2n1-c1cccc(C(C)(C)CO)n1. The van der Waals surface area contributed by atoms with Gasteiger partial charge in [-0.25, -0.2) is 19.3 Å². The first-order valence-corrected chi connectivity index (χ1v) is 11.5. The van der Waals surface area contributed by atoms with Crippen LogP contribution in [0.25, 0.3) is 16.9 Å². The van der Waals surface area contributed by atoms with Crippen LogP contribution < -0.4 is 10.9 Å². The highest BCUT2D eigenvalue weighted by molar-refractivity contribution is 5.77. The Bertz CT molecular complexity index is 1440. The molecular formula is C25H29N7O2. The number of benzene rings is 1. The molecule has 0 aliphatic carbocycles. The Balaban J connectivity index is 1.59. The molecule has 9 nitrogen and oxygen atoms in total. The molecule has 3 aromatic heterocycles. The highest BCUT2D eigenvalue weighted by Gasteiger charge is 2.23. The molecule has 1 aliphatic rings. The molecule has 4 heterocycles. The number of fused-ring (bicyclic) bond motifs is 2. The summed E-state index contributed by atoms with van der Waals surface area (Å²) in [5.41, 5.74) is 4.06. The van der Waals surface area contributed by atoms with Crippen molar-refractivity contribution in [2.24, 2.45) is 0 Å². The van der Waals surface area contributed by atoms with E-state index in [1.165, 1.54) is 11.1 Å². The first-order valence-electron chi connectivity index (χ1n) is 11.5. The lowest BCUT2D eigenvalue weighted by Gasteiger charge is -2.22. The Morgan fingerprint density at radius 3 is 2.68 bits per heavy atom. The average molecular weight is 460 g/mol. The number of nitrogens with zero attached hydrogens (tertiary/aromatic N) is 6. The number of rotatable bonds is 6. The van der Waals surface area contributed by atoms with Gasteiger partial charge in [0.15, 0.2) is 11.5 Å². The van der Waals surface area contributed by atoms with Gasteiger partial charge in [-0.15, -0.1) is 0 Å². The van der Waals surface area contributed by atoms with Crippen molar-refractivity contribution in [3.05, 3.63) is 69.8 Å². The first-order chi connectivity index (χ1) is 16.3. The van der Waals surface area contributed by atoms with Crippen LogP contribution >= 0.6 is 0 Å². The molecule has 0 spiro atoms. The maximum absolute atomic E-state index is 13.1. The van der Waals surface area contributed by atoms with Gasteiger partial charge < -0.3 is 10.4 Å². The molecule has 0 saturated heterocycles. The van der Waals surface area contributed by atoms with Crippen molar-refractivity contribution < 1.29 is 5.11 Å². The maximum Gasteiger partial charge on any atom is 0.278 e. The van der Waals surface area contributed by atoms with Gasteiger partial charge >= 0.3 is 0 Å². The Morgan fingerprint density at radius 1 is 1.12 bits per heavy atom. The normalized spacial score (nSPS) is 14.0. The van der Waals surface area contributed by atoms with Gasteiger partial charge in [0.05, 0.1) is 12.3 Å². The van der Waals surface area contributed by atoms with Crippen molar-refractivity contribution in [3.8, 4) is 5.82 Å². The molecule has 0 atom stereocenters. The van der Waals surface area contributed by atoms with Crippen molar-refractivity contribution in [1.29, 1.82) is 0 Å². The van der Waals surface area contributed by atoms with Crippen molar-refractivity contribution >= 4 is 22.7 Å². The number of pyridine rings is 1. The van der Waals surface area contributed by atoms with Gasteiger partial charge in [0.2, 0.25) is 5.95 Å². The van der Waals surface area contributed by atoms with Crippen LogP contribution in [0, 0.1) is 0 Å². The molecule has 0 bridgehead atoms. The predicted octanol–water partition coefficient (Wildman–Crippen LogP) is 2.96. The molecule has 0 amide bonds. The van der Waals surface area contributed by atoms with Crippen LogP contribution in [0.15, 0.2) is 47.4 Å². The van der Waals surface area contributed by atoms with Gasteiger partial charge in [-0.05, 0) is 49.4 Å². The third-order valence-electron chi connectivity index (χ3n) is 6.36. The van der Waals surface area contributed by atoms with Gasteiger partial charge in [-0.2, -0.15) is 4.98 Å². The molecule has 1 aromatic carbocycles. The molecule has 176 valence electrons. The second-order valence-corrected chi connectivity index (χ2v) is 9.47. The standard InChI is InChI=1S/C25H29N7O2/c1-5-31-23(34)19-12-26-24(27-18-10-9-16-13-30(4)14-17(16)11-18)29-22(19)32(31)21-8-6-7-20(28-21)25(2,3)15-33/h6-12,33H,5,13-15H2,1-4H3,(H,26,27,29). The quantitative estimate of drug-likeness (QED) is 0.457. The van der Waals surface area contributed by atoms with E-state index in [2.05, 4.69) is 34.4 Å². The van der Waals surface area contributed by atoms with E-state index in [0.29, 0.717) is 29.3 Å². The summed E-state index contributed by atoms with van der Waals surface area (Å²) in [6, 6.07) is 11.9. The second kappa shape index (κ2) is 8.34. The van der Waals surface area contributed by atoms with E-state index in [1.54, 1.807) is 15.6 Å². The van der Waals surface area contributed by atoms with Crippen LogP contribution in [0.1, 0.15) is 37.6 Å². The number of anilines is 2. The fourth-order valence-corrected chi connectivity index (χ4v) is 4.38. The summed E-state index contributed by atoms with van der Waals surface area (Å²) in [5, 5.41) is 13.5. The molecule has 34 heavy (non-hydrogen) atoms. The molecule has 9 heteroatoms. The number of aliphatic hydroxyl groups is 1. The van der Waals surface area contributed by atoms with Crippen molar-refractivity contribution in [1.82, 2.24) is 29.2 Å². The molecule has 5 rings (SSSR count). The van der Waals surface area contributed by atoms with Crippen LogP contribution in [0.2, 0.25) is 0 Å². The molecule has 2 N–H and O–H groups in total. The third kappa shape index (κ3) is 3.76. The van der Waals surface area contributed by atoms with Gasteiger partial charge in [0.1, 0.15) is 5.39 Å². The molecular weight excluding hydrogens is 430 g/mol. The molecule has 0 radical (unpaired) electrons. The van der Waals surface area contributed by atoms with Crippen molar-refractivity contribution in [2.45, 2.75) is 45.8 Å². The topological polar surface area (TPSA) is 101 Å². The van der Waals surface area contributed by atoms with Crippen molar-refractivity contribution in [2.75, 3.05) is 19.0 Å². The van der Waals surface area contributed by atoms with Gasteiger partial charge in [0.25, 0.3) is 5.56 Å². The zero-order valence-corrected chi connectivity index (χ0v) is 19.9. The van der Waals surface area contributed by atoms with Crippen LogP contribution in [-0.4, -0.2) is 48.0 Å². The lowest BCUT2D eigenvalue weighted by Crippen LogP contribution is -2.26. The Hall–Kier alpha value is -3.56. The first kappa shape index (κ1) is 22.2. The molecule has 0 fully saturated rings. The summed E-state index contributed by atoms with van der Waals surface area (Å²) >= 11 is 0. The average Bonchev–Trinajstić information content (AvgIpc) is 3.34. The summed E-state index contributed by atoms with van der Waals surface area (Å²) in [7, 11) is 2.10. The molecule has 4 aromatic rings. The second-order valence-electron chi connectivity index (χ2n) is 9.47. The number of aromatic nitrogens is 5. The van der Waals surface area contributed by atoms with E-state index < -0.39 is 5.41 Å². The number of nitrogens with one attached hydrogen (secondary N) is 1. The summed E-state index contributed by atoms with van der Waals surface area (Å²) in [4.78, 5) is 29.3. The van der Waals surface area contributed by atoms with Gasteiger partial charge in [0, 0.05) is 36.9 Å². The van der Waals surface area contributed by atoms with E-state index >= 15 is 0 Å². The third-order valence-corrected chi connectivity index (χ3v) is 6.36. The molecule has 1 aliphatic heterocycles. The summed E-state index contributed by atoms with van der Waals surface area (Å²) < 4.78 is 3.34. The number of hydrogen-bond donors (Lipinski definition) is 2. The fourth-order valence-electron chi connectivity index (χ4n) is 4.38. The Kier molecular flexibility index (Phi) is 5.45. The molecule has 0 unspecified atom stereocenters. The minimum absolute atomic E-state index is 0.0384.